The van der Waals surface area contributed by atoms with Crippen LogP contribution < -0.4 is 11.1 Å². The molecule has 0 aliphatic heterocycles. The van der Waals surface area contributed by atoms with Crippen molar-refractivity contribution in [3.8, 4) is 0 Å². The van der Waals surface area contributed by atoms with E-state index >= 15 is 0 Å². The van der Waals surface area contributed by atoms with E-state index in [0.717, 1.165) is 11.0 Å². The molecule has 1 atom stereocenters. The number of nitrogens with two attached hydrogens (primary N) is 1. The molecule has 5 nitrogen and oxygen atoms in total. The second-order valence-corrected chi connectivity index (χ2v) is 4.45. The van der Waals surface area contributed by atoms with Crippen molar-refractivity contribution in [1.29, 1.82) is 0 Å². The van der Waals surface area contributed by atoms with Gasteiger partial charge in [-0.1, -0.05) is 12.1 Å². The zero-order chi connectivity index (χ0) is 11.7. The van der Waals surface area contributed by atoms with E-state index in [1.54, 1.807) is 0 Å². The van der Waals surface area contributed by atoms with Crippen molar-refractivity contribution in [2.45, 2.75) is 18.9 Å². The summed E-state index contributed by atoms with van der Waals surface area (Å²) < 4.78 is 0. The van der Waals surface area contributed by atoms with Crippen LogP contribution in [-0.2, 0) is 0 Å². The fraction of sp³-hybridized carbons (Fsp3) is 0.417. The van der Waals surface area contributed by atoms with Crippen molar-refractivity contribution in [3.05, 3.63) is 24.3 Å². The summed E-state index contributed by atoms with van der Waals surface area (Å²) in [7, 11) is 0. The Morgan fingerprint density at radius 1 is 1.24 bits per heavy atom. The van der Waals surface area contributed by atoms with Gasteiger partial charge in [-0.15, -0.1) is 10.2 Å². The fourth-order valence-corrected chi connectivity index (χ4v) is 1.98. The van der Waals surface area contributed by atoms with Gasteiger partial charge in [0.15, 0.2) is 0 Å². The topological polar surface area (TPSA) is 76.7 Å². The fourth-order valence-electron chi connectivity index (χ4n) is 1.98. The Hall–Kier alpha value is -1.75. The molecule has 0 radical (unpaired) electrons. The summed E-state index contributed by atoms with van der Waals surface area (Å²) in [6.45, 7) is 0.612. The summed E-state index contributed by atoms with van der Waals surface area (Å²) in [5, 5.41) is 11.5. The number of fused-ring (bicyclic) bond motifs is 1. The summed E-state index contributed by atoms with van der Waals surface area (Å²) in [5.41, 5.74) is 7.41. The average Bonchev–Trinajstić information content (AvgIpc) is 3.20. The number of nitrogens with one attached hydrogen (secondary N) is 1. The first-order valence-corrected chi connectivity index (χ1v) is 5.93. The first-order valence-electron chi connectivity index (χ1n) is 5.93. The van der Waals surface area contributed by atoms with E-state index in [9.17, 15) is 0 Å². The van der Waals surface area contributed by atoms with Crippen LogP contribution in [0.3, 0.4) is 0 Å². The van der Waals surface area contributed by atoms with Crippen LogP contribution in [0.5, 0.6) is 0 Å². The lowest BCUT2D eigenvalue weighted by atomic mass is 10.2. The van der Waals surface area contributed by atoms with Crippen molar-refractivity contribution >= 4 is 17.0 Å². The van der Waals surface area contributed by atoms with Crippen LogP contribution in [0.4, 0.5) is 5.95 Å². The molecular weight excluding hydrogens is 214 g/mol. The number of nitrogens with zero attached hydrogens (tertiary/aromatic N) is 3. The standard InChI is InChI=1S/C12H15N5/c13-7-11(8-5-6-8)15-12-14-9-3-1-2-4-10(9)16-17-12/h1-4,8,11H,5-7,13H2,(H,14,15,17). The van der Waals surface area contributed by atoms with Crippen LogP contribution in [0.2, 0.25) is 0 Å². The second kappa shape index (κ2) is 4.25. The maximum Gasteiger partial charge on any atom is 0.243 e. The van der Waals surface area contributed by atoms with Crippen molar-refractivity contribution in [1.82, 2.24) is 15.2 Å². The zero-order valence-corrected chi connectivity index (χ0v) is 9.50. The molecule has 3 rings (SSSR count). The zero-order valence-electron chi connectivity index (χ0n) is 9.50. The first kappa shape index (κ1) is 10.4. The van der Waals surface area contributed by atoms with E-state index in [-0.39, 0.29) is 6.04 Å². The van der Waals surface area contributed by atoms with E-state index in [1.165, 1.54) is 12.8 Å². The molecule has 1 heterocycles. The smallest absolute Gasteiger partial charge is 0.243 e. The van der Waals surface area contributed by atoms with E-state index in [2.05, 4.69) is 20.5 Å². The third-order valence-electron chi connectivity index (χ3n) is 3.12. The third-order valence-corrected chi connectivity index (χ3v) is 3.12. The number of rotatable bonds is 4. The highest BCUT2D eigenvalue weighted by atomic mass is 15.2. The first-order chi connectivity index (χ1) is 8.36. The van der Waals surface area contributed by atoms with Gasteiger partial charge in [0.05, 0.1) is 5.52 Å². The summed E-state index contributed by atoms with van der Waals surface area (Å²) in [6, 6.07) is 7.99. The molecule has 1 aliphatic carbocycles. The van der Waals surface area contributed by atoms with Gasteiger partial charge in [-0.05, 0) is 30.9 Å². The number of hydrogen-bond donors (Lipinski definition) is 2. The molecule has 88 valence electrons. The molecule has 1 aliphatic rings. The van der Waals surface area contributed by atoms with Crippen molar-refractivity contribution in [3.63, 3.8) is 0 Å². The highest BCUT2D eigenvalue weighted by Crippen LogP contribution is 2.33. The third kappa shape index (κ3) is 2.19. The molecule has 1 aromatic heterocycles. The Labute approximate surface area is 99.4 Å². The minimum atomic E-state index is 0.276. The predicted molar refractivity (Wildman–Crippen MR) is 66.5 cm³/mol. The average molecular weight is 229 g/mol. The molecular formula is C12H15N5. The van der Waals surface area contributed by atoms with Gasteiger partial charge < -0.3 is 11.1 Å². The Balaban J connectivity index is 1.84. The van der Waals surface area contributed by atoms with Gasteiger partial charge in [0.1, 0.15) is 5.52 Å². The Bertz CT molecular complexity index is 523. The molecule has 0 saturated heterocycles. The quantitative estimate of drug-likeness (QED) is 0.823. The number of aromatic nitrogens is 3. The van der Waals surface area contributed by atoms with Crippen LogP contribution in [0.1, 0.15) is 12.8 Å². The highest BCUT2D eigenvalue weighted by Gasteiger charge is 2.30. The minimum absolute atomic E-state index is 0.276. The number of hydrogen-bond acceptors (Lipinski definition) is 5. The highest BCUT2D eigenvalue weighted by molar-refractivity contribution is 5.74. The summed E-state index contributed by atoms with van der Waals surface area (Å²) >= 11 is 0. The van der Waals surface area contributed by atoms with E-state index < -0.39 is 0 Å². The second-order valence-electron chi connectivity index (χ2n) is 4.45. The van der Waals surface area contributed by atoms with Gasteiger partial charge in [0.25, 0.3) is 0 Å². The van der Waals surface area contributed by atoms with Gasteiger partial charge >= 0.3 is 0 Å². The minimum Gasteiger partial charge on any atom is -0.349 e. The van der Waals surface area contributed by atoms with Crippen molar-refractivity contribution in [2.24, 2.45) is 11.7 Å². The van der Waals surface area contributed by atoms with E-state index in [1.807, 2.05) is 24.3 Å². The Kier molecular flexibility index (Phi) is 2.60. The summed E-state index contributed by atoms with van der Waals surface area (Å²) in [4.78, 5) is 4.43. The van der Waals surface area contributed by atoms with Gasteiger partial charge in [-0.2, -0.15) is 0 Å². The van der Waals surface area contributed by atoms with Crippen LogP contribution >= 0.6 is 0 Å². The SMILES string of the molecule is NCC(Nc1nnc2ccccc2n1)C1CC1. The summed E-state index contributed by atoms with van der Waals surface area (Å²) in [5.74, 6) is 1.25. The molecule has 1 aromatic carbocycles. The van der Waals surface area contributed by atoms with Gasteiger partial charge in [-0.25, -0.2) is 4.98 Å². The lowest BCUT2D eigenvalue weighted by molar-refractivity contribution is 0.637. The van der Waals surface area contributed by atoms with Gasteiger partial charge in [0, 0.05) is 12.6 Å². The number of para-hydroxylation sites is 1. The maximum absolute atomic E-state index is 5.74. The molecule has 0 bridgehead atoms. The van der Waals surface area contributed by atoms with Crippen molar-refractivity contribution < 1.29 is 0 Å². The molecule has 0 amide bonds. The van der Waals surface area contributed by atoms with Crippen LogP contribution in [0.25, 0.3) is 11.0 Å². The molecule has 17 heavy (non-hydrogen) atoms. The molecule has 5 heteroatoms. The van der Waals surface area contributed by atoms with E-state index in [4.69, 9.17) is 5.73 Å². The Morgan fingerprint density at radius 2 is 2.00 bits per heavy atom. The lowest BCUT2D eigenvalue weighted by Crippen LogP contribution is -2.31. The van der Waals surface area contributed by atoms with Crippen molar-refractivity contribution in [2.75, 3.05) is 11.9 Å². The van der Waals surface area contributed by atoms with Gasteiger partial charge in [0.2, 0.25) is 5.95 Å². The van der Waals surface area contributed by atoms with Crippen LogP contribution in [-0.4, -0.2) is 27.8 Å². The monoisotopic (exact) mass is 229 g/mol. The largest absolute Gasteiger partial charge is 0.349 e. The van der Waals surface area contributed by atoms with Crippen LogP contribution in [0.15, 0.2) is 24.3 Å². The molecule has 1 fully saturated rings. The molecule has 1 unspecified atom stereocenters. The van der Waals surface area contributed by atoms with Crippen LogP contribution in [0, 0.1) is 5.92 Å². The molecule has 0 spiro atoms. The molecule has 3 N–H and O–H groups in total. The lowest BCUT2D eigenvalue weighted by Gasteiger charge is -2.15. The van der Waals surface area contributed by atoms with Gasteiger partial charge in [-0.3, -0.25) is 0 Å². The predicted octanol–water partition coefficient (Wildman–Crippen LogP) is 1.17. The Morgan fingerprint density at radius 3 is 2.71 bits per heavy atom. The maximum atomic E-state index is 5.74. The number of anilines is 1. The molecule has 1 saturated carbocycles. The van der Waals surface area contributed by atoms with E-state index in [0.29, 0.717) is 18.4 Å². The normalized spacial score (nSPS) is 17.0. The number of benzene rings is 1. The molecule has 2 aromatic rings. The summed E-state index contributed by atoms with van der Waals surface area (Å²) in [6.07, 6.45) is 2.49.